The molecule has 1 N–H and O–H groups in total. The van der Waals surface area contributed by atoms with Gasteiger partial charge in [0.25, 0.3) is 0 Å². The lowest BCUT2D eigenvalue weighted by Crippen LogP contribution is -2.65. The Morgan fingerprint density at radius 3 is 2.23 bits per heavy atom. The van der Waals surface area contributed by atoms with Gasteiger partial charge in [0.2, 0.25) is 0 Å². The standard InChI is InChI=1S/C32H52O3/c1-20(33)35-26-19-27(2,3)18-22-21-10-11-24-30(7)14-13-25(34)28(4,5)23(30)12-15-32(24,9)31(21,8)17-16-29(22,26)6/h10,22-26,34H,11-19H2,1-9H3/t22-,23+,24-,25-,26+,29+,30-,31+,32+/m0/s1. The highest BCUT2D eigenvalue weighted by Gasteiger charge is 2.68. The van der Waals surface area contributed by atoms with Gasteiger partial charge in [0.1, 0.15) is 6.10 Å². The highest BCUT2D eigenvalue weighted by atomic mass is 16.5. The van der Waals surface area contributed by atoms with Crippen molar-refractivity contribution in [1.29, 1.82) is 0 Å². The molecule has 0 heterocycles. The van der Waals surface area contributed by atoms with E-state index in [1.807, 2.05) is 0 Å². The molecule has 0 amide bonds. The summed E-state index contributed by atoms with van der Waals surface area (Å²) in [6, 6.07) is 0. The van der Waals surface area contributed by atoms with E-state index in [0.29, 0.717) is 17.8 Å². The summed E-state index contributed by atoms with van der Waals surface area (Å²) in [5.41, 5.74) is 2.67. The van der Waals surface area contributed by atoms with E-state index in [0.717, 1.165) is 25.7 Å². The van der Waals surface area contributed by atoms with Gasteiger partial charge in [0, 0.05) is 12.3 Å². The molecule has 4 fully saturated rings. The summed E-state index contributed by atoms with van der Waals surface area (Å²) in [7, 11) is 0. The Balaban J connectivity index is 1.57. The molecule has 5 aliphatic carbocycles. The smallest absolute Gasteiger partial charge is 0.302 e. The third-order valence-corrected chi connectivity index (χ3v) is 13.4. The highest BCUT2D eigenvalue weighted by Crippen LogP contribution is 2.75. The zero-order valence-corrected chi connectivity index (χ0v) is 24.1. The number of fused-ring (bicyclic) bond motifs is 7. The Kier molecular flexibility index (Phi) is 5.61. The number of aliphatic hydroxyl groups is 1. The number of carbonyl (C=O) groups excluding carboxylic acids is 1. The Morgan fingerprint density at radius 1 is 0.886 bits per heavy atom. The van der Waals surface area contributed by atoms with Crippen LogP contribution in [0.2, 0.25) is 0 Å². The monoisotopic (exact) mass is 484 g/mol. The number of hydrogen-bond acceptors (Lipinski definition) is 3. The zero-order valence-electron chi connectivity index (χ0n) is 24.1. The van der Waals surface area contributed by atoms with Crippen molar-refractivity contribution in [3.8, 4) is 0 Å². The molecule has 4 saturated carbocycles. The number of aliphatic hydroxyl groups excluding tert-OH is 1. The largest absolute Gasteiger partial charge is 0.462 e. The molecule has 9 atom stereocenters. The predicted molar refractivity (Wildman–Crippen MR) is 142 cm³/mol. The van der Waals surface area contributed by atoms with Gasteiger partial charge in [0.15, 0.2) is 0 Å². The van der Waals surface area contributed by atoms with E-state index < -0.39 is 0 Å². The van der Waals surface area contributed by atoms with Crippen LogP contribution >= 0.6 is 0 Å². The molecule has 0 unspecified atom stereocenters. The third-order valence-electron chi connectivity index (χ3n) is 13.4. The molecule has 0 saturated heterocycles. The van der Waals surface area contributed by atoms with Crippen LogP contribution in [0.4, 0.5) is 0 Å². The molecule has 3 heteroatoms. The maximum atomic E-state index is 12.1. The van der Waals surface area contributed by atoms with Crippen LogP contribution in [0.25, 0.3) is 0 Å². The van der Waals surface area contributed by atoms with E-state index >= 15 is 0 Å². The van der Waals surface area contributed by atoms with Crippen molar-refractivity contribution >= 4 is 5.97 Å². The molecular formula is C32H52O3. The molecule has 0 radical (unpaired) electrons. The van der Waals surface area contributed by atoms with Crippen LogP contribution in [0.1, 0.15) is 120 Å². The van der Waals surface area contributed by atoms with Gasteiger partial charge >= 0.3 is 5.97 Å². The minimum absolute atomic E-state index is 0.00495. The van der Waals surface area contributed by atoms with E-state index in [1.54, 1.807) is 12.5 Å². The molecule has 5 rings (SSSR count). The predicted octanol–water partition coefficient (Wildman–Crippen LogP) is 7.71. The molecule has 35 heavy (non-hydrogen) atoms. The SMILES string of the molecule is CC(=O)O[C@@H]1CC(C)(C)C[C@H]2C3=CC[C@H]4[C@@]5(C)CC[C@H](O)C(C)(C)[C@H]5CC[C@@]4(C)[C@]3(C)CC[C@@]12C. The molecule has 0 aliphatic heterocycles. The van der Waals surface area contributed by atoms with Crippen LogP contribution in [0.15, 0.2) is 11.6 Å². The summed E-state index contributed by atoms with van der Waals surface area (Å²) in [5.74, 6) is 1.62. The molecule has 3 nitrogen and oxygen atoms in total. The molecule has 0 aromatic heterocycles. The minimum atomic E-state index is -0.173. The second-order valence-corrected chi connectivity index (χ2v) is 15.9. The van der Waals surface area contributed by atoms with Crippen molar-refractivity contribution in [2.45, 2.75) is 132 Å². The highest BCUT2D eigenvalue weighted by molar-refractivity contribution is 5.66. The first-order chi connectivity index (χ1) is 16.0. The van der Waals surface area contributed by atoms with Crippen molar-refractivity contribution in [3.63, 3.8) is 0 Å². The van der Waals surface area contributed by atoms with Gasteiger partial charge in [-0.3, -0.25) is 4.79 Å². The van der Waals surface area contributed by atoms with E-state index in [-0.39, 0.29) is 50.7 Å². The number of allylic oxidation sites excluding steroid dienone is 2. The number of rotatable bonds is 1. The van der Waals surface area contributed by atoms with Crippen LogP contribution in [0.3, 0.4) is 0 Å². The fraction of sp³-hybridized carbons (Fsp3) is 0.906. The summed E-state index contributed by atoms with van der Waals surface area (Å²) in [6.45, 7) is 21.3. The Hall–Kier alpha value is -0.830. The average molecular weight is 485 g/mol. The molecular weight excluding hydrogens is 432 g/mol. The minimum Gasteiger partial charge on any atom is -0.462 e. The summed E-state index contributed by atoms with van der Waals surface area (Å²) < 4.78 is 6.07. The van der Waals surface area contributed by atoms with Gasteiger partial charge in [-0.05, 0) is 103 Å². The van der Waals surface area contributed by atoms with Crippen molar-refractivity contribution in [1.82, 2.24) is 0 Å². The maximum Gasteiger partial charge on any atom is 0.302 e. The van der Waals surface area contributed by atoms with Crippen LogP contribution in [-0.4, -0.2) is 23.3 Å². The maximum absolute atomic E-state index is 12.1. The van der Waals surface area contributed by atoms with Crippen molar-refractivity contribution < 1.29 is 14.6 Å². The van der Waals surface area contributed by atoms with Crippen LogP contribution in [-0.2, 0) is 9.53 Å². The van der Waals surface area contributed by atoms with Gasteiger partial charge in [0.05, 0.1) is 6.10 Å². The zero-order chi connectivity index (χ0) is 25.8. The van der Waals surface area contributed by atoms with E-state index in [9.17, 15) is 9.90 Å². The fourth-order valence-corrected chi connectivity index (χ4v) is 11.0. The van der Waals surface area contributed by atoms with Crippen LogP contribution < -0.4 is 0 Å². The summed E-state index contributed by atoms with van der Waals surface area (Å²) in [4.78, 5) is 12.1. The fourth-order valence-electron chi connectivity index (χ4n) is 11.0. The van der Waals surface area contributed by atoms with Crippen LogP contribution in [0.5, 0.6) is 0 Å². The van der Waals surface area contributed by atoms with E-state index in [1.165, 1.54) is 32.1 Å². The van der Waals surface area contributed by atoms with Gasteiger partial charge < -0.3 is 9.84 Å². The number of esters is 1. The molecule has 0 spiro atoms. The second kappa shape index (κ2) is 7.61. The van der Waals surface area contributed by atoms with Gasteiger partial charge in [-0.2, -0.15) is 0 Å². The normalized spacial score (nSPS) is 52.2. The second-order valence-electron chi connectivity index (χ2n) is 15.9. The summed E-state index contributed by atoms with van der Waals surface area (Å²) in [5, 5.41) is 10.9. The Morgan fingerprint density at radius 2 is 1.57 bits per heavy atom. The van der Waals surface area contributed by atoms with Gasteiger partial charge in [-0.1, -0.05) is 67.0 Å². The summed E-state index contributed by atoms with van der Waals surface area (Å²) in [6.07, 6.45) is 12.8. The number of carbonyl (C=O) groups is 1. The molecule has 0 aromatic carbocycles. The van der Waals surface area contributed by atoms with E-state index in [4.69, 9.17) is 4.74 Å². The van der Waals surface area contributed by atoms with Crippen molar-refractivity contribution in [2.24, 2.45) is 50.2 Å². The molecule has 5 aliphatic rings. The lowest BCUT2D eigenvalue weighted by Gasteiger charge is -2.71. The average Bonchev–Trinajstić information content (AvgIpc) is 2.73. The van der Waals surface area contributed by atoms with Crippen LogP contribution in [0, 0.1) is 50.2 Å². The third kappa shape index (κ3) is 3.34. The number of ether oxygens (including phenoxy) is 1. The first kappa shape index (κ1) is 25.8. The molecule has 198 valence electrons. The topological polar surface area (TPSA) is 46.5 Å². The van der Waals surface area contributed by atoms with Gasteiger partial charge in [-0.25, -0.2) is 0 Å². The first-order valence-electron chi connectivity index (χ1n) is 14.6. The quantitative estimate of drug-likeness (QED) is 0.306. The molecule has 0 bridgehead atoms. The van der Waals surface area contributed by atoms with Crippen molar-refractivity contribution in [3.05, 3.63) is 11.6 Å². The first-order valence-corrected chi connectivity index (χ1v) is 14.6. The lowest BCUT2D eigenvalue weighted by atomic mass is 9.33. The van der Waals surface area contributed by atoms with Gasteiger partial charge in [-0.15, -0.1) is 0 Å². The van der Waals surface area contributed by atoms with E-state index in [2.05, 4.69) is 61.5 Å². The number of hydrogen-bond donors (Lipinski definition) is 1. The lowest BCUT2D eigenvalue weighted by molar-refractivity contribution is -0.210. The Labute approximate surface area is 214 Å². The molecule has 0 aromatic rings. The van der Waals surface area contributed by atoms with Crippen molar-refractivity contribution in [2.75, 3.05) is 0 Å². The summed E-state index contributed by atoms with van der Waals surface area (Å²) >= 11 is 0. The Bertz CT molecular complexity index is 931.